The second-order valence-electron chi connectivity index (χ2n) is 7.04. The summed E-state index contributed by atoms with van der Waals surface area (Å²) in [6, 6.07) is 24.5. The molecule has 6 heteroatoms. The third-order valence-corrected chi connectivity index (χ3v) is 7.31. The van der Waals surface area contributed by atoms with Crippen LogP contribution in [-0.2, 0) is 28.4 Å². The zero-order valence-corrected chi connectivity index (χ0v) is 18.2. The van der Waals surface area contributed by atoms with E-state index in [1.54, 1.807) is 23.9 Å². The van der Waals surface area contributed by atoms with Gasteiger partial charge in [0, 0.05) is 10.6 Å². The fraction of sp³-hybridized carbons (Fsp3) is 0.208. The summed E-state index contributed by atoms with van der Waals surface area (Å²) in [6.07, 6.45) is 1.29. The predicted molar refractivity (Wildman–Crippen MR) is 122 cm³/mol. The molecule has 0 saturated heterocycles. The molecule has 3 rings (SSSR count). The standard InChI is InChI=1S/C24H24O4S2/c25-24(26)23-17-22(29-15-13-19-7-3-1-4-8-19)12-11-21(23)18-30(27,28)16-14-20-9-5-2-6-10-20/h1-12,17H,13-16,18H2,(H,25,26). The second-order valence-corrected chi connectivity index (χ2v) is 10.4. The molecule has 3 aromatic rings. The highest BCUT2D eigenvalue weighted by Crippen LogP contribution is 2.24. The fourth-order valence-electron chi connectivity index (χ4n) is 3.13. The van der Waals surface area contributed by atoms with Crippen LogP contribution in [-0.4, -0.2) is 31.0 Å². The number of carboxylic acids is 1. The summed E-state index contributed by atoms with van der Waals surface area (Å²) < 4.78 is 25.1. The molecule has 3 aromatic carbocycles. The lowest BCUT2D eigenvalue weighted by Crippen LogP contribution is -2.14. The Morgan fingerprint density at radius 2 is 1.43 bits per heavy atom. The third kappa shape index (κ3) is 6.75. The first-order chi connectivity index (χ1) is 14.4. The van der Waals surface area contributed by atoms with Crippen LogP contribution in [0.4, 0.5) is 0 Å². The van der Waals surface area contributed by atoms with Gasteiger partial charge >= 0.3 is 5.97 Å². The first-order valence-electron chi connectivity index (χ1n) is 9.70. The first-order valence-corrected chi connectivity index (χ1v) is 12.5. The Balaban J connectivity index is 1.64. The topological polar surface area (TPSA) is 71.4 Å². The van der Waals surface area contributed by atoms with Crippen LogP contribution >= 0.6 is 11.8 Å². The Hall–Kier alpha value is -2.57. The van der Waals surface area contributed by atoms with Crippen LogP contribution in [0, 0.1) is 0 Å². The normalized spacial score (nSPS) is 11.3. The number of aryl methyl sites for hydroxylation is 2. The van der Waals surface area contributed by atoms with E-state index in [0.717, 1.165) is 22.6 Å². The minimum absolute atomic E-state index is 0.0103. The van der Waals surface area contributed by atoms with Crippen LogP contribution in [0.1, 0.15) is 27.0 Å². The number of benzene rings is 3. The Labute approximate surface area is 181 Å². The smallest absolute Gasteiger partial charge is 0.336 e. The lowest BCUT2D eigenvalue weighted by molar-refractivity contribution is 0.0695. The van der Waals surface area contributed by atoms with Crippen LogP contribution in [0.3, 0.4) is 0 Å². The maximum Gasteiger partial charge on any atom is 0.336 e. The minimum atomic E-state index is -3.42. The fourth-order valence-corrected chi connectivity index (χ4v) is 5.48. The molecule has 0 bridgehead atoms. The van der Waals surface area contributed by atoms with Gasteiger partial charge in [0.2, 0.25) is 0 Å². The largest absolute Gasteiger partial charge is 0.478 e. The van der Waals surface area contributed by atoms with Crippen molar-refractivity contribution in [1.29, 1.82) is 0 Å². The molecule has 0 atom stereocenters. The van der Waals surface area contributed by atoms with Gasteiger partial charge < -0.3 is 5.11 Å². The quantitative estimate of drug-likeness (QED) is 0.455. The van der Waals surface area contributed by atoms with Crippen molar-refractivity contribution in [3.05, 3.63) is 101 Å². The van der Waals surface area contributed by atoms with E-state index in [4.69, 9.17) is 0 Å². The van der Waals surface area contributed by atoms with Crippen LogP contribution < -0.4 is 0 Å². The number of carboxylic acid groups (broad SMARTS) is 1. The zero-order chi connectivity index (χ0) is 21.4. The van der Waals surface area contributed by atoms with Gasteiger partial charge in [0.1, 0.15) is 0 Å². The van der Waals surface area contributed by atoms with E-state index in [-0.39, 0.29) is 17.1 Å². The lowest BCUT2D eigenvalue weighted by Gasteiger charge is -2.10. The molecule has 0 spiro atoms. The summed E-state index contributed by atoms with van der Waals surface area (Å²) in [5.41, 5.74) is 2.57. The molecule has 30 heavy (non-hydrogen) atoms. The monoisotopic (exact) mass is 440 g/mol. The number of rotatable bonds is 10. The SMILES string of the molecule is O=C(O)c1cc(SCCc2ccccc2)ccc1CS(=O)(=O)CCc1ccccc1. The molecule has 4 nitrogen and oxygen atoms in total. The first kappa shape index (κ1) is 22.1. The van der Waals surface area contributed by atoms with E-state index in [0.29, 0.717) is 12.0 Å². The summed E-state index contributed by atoms with van der Waals surface area (Å²) >= 11 is 1.57. The van der Waals surface area contributed by atoms with Gasteiger partial charge in [-0.15, -0.1) is 11.8 Å². The molecular weight excluding hydrogens is 416 g/mol. The van der Waals surface area contributed by atoms with Gasteiger partial charge in [-0.1, -0.05) is 66.7 Å². The molecule has 0 unspecified atom stereocenters. The molecule has 156 valence electrons. The minimum Gasteiger partial charge on any atom is -0.478 e. The summed E-state index contributed by atoms with van der Waals surface area (Å²) in [5.74, 6) is -0.563. The van der Waals surface area contributed by atoms with Crippen LogP contribution in [0.2, 0.25) is 0 Å². The molecule has 0 aromatic heterocycles. The van der Waals surface area contributed by atoms with Crippen molar-refractivity contribution >= 4 is 27.6 Å². The molecule has 0 amide bonds. The maximum absolute atomic E-state index is 12.6. The van der Waals surface area contributed by atoms with Gasteiger partial charge in [-0.05, 0) is 41.7 Å². The summed E-state index contributed by atoms with van der Waals surface area (Å²) in [7, 11) is -3.42. The van der Waals surface area contributed by atoms with Crippen LogP contribution in [0.15, 0.2) is 83.8 Å². The van der Waals surface area contributed by atoms with Crippen LogP contribution in [0.5, 0.6) is 0 Å². The molecule has 0 heterocycles. The molecule has 0 radical (unpaired) electrons. The van der Waals surface area contributed by atoms with Crippen molar-refractivity contribution in [2.45, 2.75) is 23.5 Å². The molecular formula is C24H24O4S2. The molecule has 0 saturated carbocycles. The Kier molecular flexibility index (Phi) is 7.71. The van der Waals surface area contributed by atoms with E-state index in [1.165, 1.54) is 5.56 Å². The number of sulfone groups is 1. The van der Waals surface area contributed by atoms with Gasteiger partial charge in [-0.3, -0.25) is 0 Å². The van der Waals surface area contributed by atoms with Crippen molar-refractivity contribution in [3.8, 4) is 0 Å². The average Bonchev–Trinajstić information content (AvgIpc) is 2.74. The Bertz CT molecular complexity index is 1080. The molecule has 0 aliphatic heterocycles. The number of thioether (sulfide) groups is 1. The second kappa shape index (κ2) is 10.5. The van der Waals surface area contributed by atoms with E-state index in [2.05, 4.69) is 12.1 Å². The highest BCUT2D eigenvalue weighted by atomic mass is 32.2. The Morgan fingerprint density at radius 3 is 2.03 bits per heavy atom. The van der Waals surface area contributed by atoms with Crippen molar-refractivity contribution in [1.82, 2.24) is 0 Å². The summed E-state index contributed by atoms with van der Waals surface area (Å²) in [6.45, 7) is 0. The van der Waals surface area contributed by atoms with Gasteiger partial charge in [0.25, 0.3) is 0 Å². The zero-order valence-electron chi connectivity index (χ0n) is 16.5. The van der Waals surface area contributed by atoms with Gasteiger partial charge in [-0.25, -0.2) is 13.2 Å². The average molecular weight is 441 g/mol. The van der Waals surface area contributed by atoms with E-state index in [1.807, 2.05) is 54.6 Å². The molecule has 0 aliphatic carbocycles. The number of aromatic carboxylic acids is 1. The predicted octanol–water partition coefficient (Wildman–Crippen LogP) is 4.88. The lowest BCUT2D eigenvalue weighted by atomic mass is 10.1. The van der Waals surface area contributed by atoms with E-state index < -0.39 is 15.8 Å². The van der Waals surface area contributed by atoms with Crippen molar-refractivity contribution in [3.63, 3.8) is 0 Å². The van der Waals surface area contributed by atoms with Gasteiger partial charge in [0.05, 0.1) is 17.1 Å². The molecule has 1 N–H and O–H groups in total. The van der Waals surface area contributed by atoms with E-state index >= 15 is 0 Å². The summed E-state index contributed by atoms with van der Waals surface area (Å²) in [5, 5.41) is 9.59. The van der Waals surface area contributed by atoms with Gasteiger partial charge in [-0.2, -0.15) is 0 Å². The third-order valence-electron chi connectivity index (χ3n) is 4.73. The molecule has 0 fully saturated rings. The summed E-state index contributed by atoms with van der Waals surface area (Å²) in [4.78, 5) is 12.6. The van der Waals surface area contributed by atoms with Crippen LogP contribution in [0.25, 0.3) is 0 Å². The highest BCUT2D eigenvalue weighted by Gasteiger charge is 2.18. The van der Waals surface area contributed by atoms with E-state index in [9.17, 15) is 18.3 Å². The van der Waals surface area contributed by atoms with Crippen molar-refractivity contribution in [2.75, 3.05) is 11.5 Å². The maximum atomic E-state index is 12.6. The van der Waals surface area contributed by atoms with Crippen molar-refractivity contribution < 1.29 is 18.3 Å². The number of hydrogen-bond acceptors (Lipinski definition) is 4. The molecule has 0 aliphatic rings. The Morgan fingerprint density at radius 1 is 0.833 bits per heavy atom. The van der Waals surface area contributed by atoms with Crippen molar-refractivity contribution in [2.24, 2.45) is 0 Å². The highest BCUT2D eigenvalue weighted by molar-refractivity contribution is 7.99. The number of hydrogen-bond donors (Lipinski definition) is 1. The van der Waals surface area contributed by atoms with Gasteiger partial charge in [0.15, 0.2) is 9.84 Å². The number of carbonyl (C=O) groups is 1.